The van der Waals surface area contributed by atoms with Gasteiger partial charge < -0.3 is 9.84 Å². The molecule has 0 saturated carbocycles. The standard InChI is InChI=1S/C15H21F3O3/c1-3-21-12(19)13(2)9-8-10-6-4-5-7-11(10)14(13,20)15(16,17)18/h20H,3-9H2,1-2H3/t13-,14-/m0/s1. The molecule has 0 radical (unpaired) electrons. The molecule has 0 aromatic rings. The zero-order valence-electron chi connectivity index (χ0n) is 12.3. The third-order valence-electron chi connectivity index (χ3n) is 4.88. The quantitative estimate of drug-likeness (QED) is 0.627. The maximum atomic E-state index is 13.7. The van der Waals surface area contributed by atoms with Crippen LogP contribution in [0, 0.1) is 5.41 Å². The number of ether oxygens (including phenoxy) is 1. The molecule has 3 nitrogen and oxygen atoms in total. The van der Waals surface area contributed by atoms with E-state index in [-0.39, 0.29) is 25.0 Å². The van der Waals surface area contributed by atoms with Crippen LogP contribution < -0.4 is 0 Å². The van der Waals surface area contributed by atoms with Gasteiger partial charge in [0.1, 0.15) is 5.41 Å². The molecule has 0 heterocycles. The molecule has 0 amide bonds. The first-order chi connectivity index (χ1) is 9.68. The van der Waals surface area contributed by atoms with Crippen molar-refractivity contribution in [2.75, 3.05) is 6.61 Å². The Balaban J connectivity index is 2.58. The summed E-state index contributed by atoms with van der Waals surface area (Å²) < 4.78 is 45.9. The van der Waals surface area contributed by atoms with E-state index in [4.69, 9.17) is 4.74 Å². The van der Waals surface area contributed by atoms with Crippen LogP contribution >= 0.6 is 0 Å². The Morgan fingerprint density at radius 1 is 1.29 bits per heavy atom. The van der Waals surface area contributed by atoms with Gasteiger partial charge in [-0.15, -0.1) is 0 Å². The topological polar surface area (TPSA) is 46.5 Å². The fraction of sp³-hybridized carbons (Fsp3) is 0.800. The summed E-state index contributed by atoms with van der Waals surface area (Å²) in [5.41, 5.74) is -4.41. The normalized spacial score (nSPS) is 33.6. The lowest BCUT2D eigenvalue weighted by Crippen LogP contribution is -2.64. The Kier molecular flexibility index (Phi) is 4.12. The lowest BCUT2D eigenvalue weighted by Gasteiger charge is -2.50. The summed E-state index contributed by atoms with van der Waals surface area (Å²) in [6.07, 6.45) is -2.30. The highest BCUT2D eigenvalue weighted by Crippen LogP contribution is 2.58. The van der Waals surface area contributed by atoms with E-state index in [1.54, 1.807) is 6.92 Å². The van der Waals surface area contributed by atoms with Gasteiger partial charge in [-0.05, 0) is 57.9 Å². The first kappa shape index (κ1) is 16.3. The summed E-state index contributed by atoms with van der Waals surface area (Å²) >= 11 is 0. The van der Waals surface area contributed by atoms with E-state index in [0.29, 0.717) is 24.8 Å². The molecule has 2 rings (SSSR count). The number of hydrogen-bond donors (Lipinski definition) is 1. The van der Waals surface area contributed by atoms with Gasteiger partial charge in [0.05, 0.1) is 6.61 Å². The third-order valence-corrected chi connectivity index (χ3v) is 4.88. The van der Waals surface area contributed by atoms with Crippen LogP contribution in [0.25, 0.3) is 0 Å². The highest BCUT2D eigenvalue weighted by molar-refractivity contribution is 5.80. The second-order valence-electron chi connectivity index (χ2n) is 6.05. The van der Waals surface area contributed by atoms with Crippen LogP contribution in [-0.2, 0) is 9.53 Å². The van der Waals surface area contributed by atoms with Crippen molar-refractivity contribution in [3.8, 4) is 0 Å². The molecule has 120 valence electrons. The Morgan fingerprint density at radius 2 is 1.90 bits per heavy atom. The summed E-state index contributed by atoms with van der Waals surface area (Å²) in [4.78, 5) is 12.2. The molecule has 2 aliphatic carbocycles. The number of aliphatic hydroxyl groups is 1. The van der Waals surface area contributed by atoms with Crippen LogP contribution in [0.3, 0.4) is 0 Å². The predicted molar refractivity (Wildman–Crippen MR) is 70.5 cm³/mol. The van der Waals surface area contributed by atoms with Crippen molar-refractivity contribution < 1.29 is 27.8 Å². The van der Waals surface area contributed by atoms with E-state index in [9.17, 15) is 23.1 Å². The average molecular weight is 306 g/mol. The van der Waals surface area contributed by atoms with Crippen LogP contribution in [0.15, 0.2) is 11.1 Å². The van der Waals surface area contributed by atoms with Gasteiger partial charge >= 0.3 is 12.1 Å². The van der Waals surface area contributed by atoms with Gasteiger partial charge in [0.2, 0.25) is 0 Å². The molecule has 0 bridgehead atoms. The van der Waals surface area contributed by atoms with E-state index >= 15 is 0 Å². The Morgan fingerprint density at radius 3 is 2.48 bits per heavy atom. The van der Waals surface area contributed by atoms with Gasteiger partial charge in [0.15, 0.2) is 5.60 Å². The van der Waals surface area contributed by atoms with Gasteiger partial charge in [0, 0.05) is 0 Å². The highest BCUT2D eigenvalue weighted by atomic mass is 19.4. The zero-order valence-corrected chi connectivity index (χ0v) is 12.3. The van der Waals surface area contributed by atoms with Crippen molar-refractivity contribution in [3.63, 3.8) is 0 Å². The molecular weight excluding hydrogens is 285 g/mol. The first-order valence-corrected chi connectivity index (χ1v) is 7.36. The predicted octanol–water partition coefficient (Wildman–Crippen LogP) is 3.51. The molecule has 0 fully saturated rings. The summed E-state index contributed by atoms with van der Waals surface area (Å²) in [6, 6.07) is 0. The Hall–Kier alpha value is -1.04. The average Bonchev–Trinajstić information content (AvgIpc) is 2.42. The van der Waals surface area contributed by atoms with Crippen molar-refractivity contribution in [2.24, 2.45) is 5.41 Å². The van der Waals surface area contributed by atoms with Crippen molar-refractivity contribution >= 4 is 5.97 Å². The monoisotopic (exact) mass is 306 g/mol. The van der Waals surface area contributed by atoms with Crippen molar-refractivity contribution in [3.05, 3.63) is 11.1 Å². The number of allylic oxidation sites excluding steroid dienone is 1. The van der Waals surface area contributed by atoms with Gasteiger partial charge in [-0.25, -0.2) is 0 Å². The van der Waals surface area contributed by atoms with E-state index in [0.717, 1.165) is 6.42 Å². The molecule has 2 aliphatic rings. The molecule has 1 N–H and O–H groups in total. The number of hydrogen-bond acceptors (Lipinski definition) is 3. The van der Waals surface area contributed by atoms with Crippen molar-refractivity contribution in [1.29, 1.82) is 0 Å². The van der Waals surface area contributed by atoms with Gasteiger partial charge in [-0.1, -0.05) is 5.57 Å². The zero-order chi connectivity index (χ0) is 15.9. The summed E-state index contributed by atoms with van der Waals surface area (Å²) in [5.74, 6) is -0.970. The molecule has 2 atom stereocenters. The number of esters is 1. The van der Waals surface area contributed by atoms with Crippen molar-refractivity contribution in [2.45, 2.75) is 64.1 Å². The largest absolute Gasteiger partial charge is 0.465 e. The molecule has 21 heavy (non-hydrogen) atoms. The smallest absolute Gasteiger partial charge is 0.422 e. The van der Waals surface area contributed by atoms with E-state index < -0.39 is 23.2 Å². The molecule has 0 aliphatic heterocycles. The number of carbonyl (C=O) groups is 1. The van der Waals surface area contributed by atoms with Gasteiger partial charge in [-0.2, -0.15) is 13.2 Å². The number of alkyl halides is 3. The minimum absolute atomic E-state index is 0.00283. The highest BCUT2D eigenvalue weighted by Gasteiger charge is 2.70. The van der Waals surface area contributed by atoms with Crippen molar-refractivity contribution in [1.82, 2.24) is 0 Å². The Bertz CT molecular complexity index is 469. The minimum Gasteiger partial charge on any atom is -0.465 e. The SMILES string of the molecule is CCOC(=O)[C@]1(C)CCC2=C(CCCC2)[C@@]1(O)C(F)(F)F. The van der Waals surface area contributed by atoms with E-state index in [1.165, 1.54) is 6.92 Å². The maximum Gasteiger partial charge on any atom is 0.422 e. The van der Waals surface area contributed by atoms with Gasteiger partial charge in [0.25, 0.3) is 0 Å². The summed E-state index contributed by atoms with van der Waals surface area (Å²) in [5, 5.41) is 10.6. The van der Waals surface area contributed by atoms with Crippen LogP contribution in [0.1, 0.15) is 52.4 Å². The van der Waals surface area contributed by atoms with Gasteiger partial charge in [-0.3, -0.25) is 4.79 Å². The van der Waals surface area contributed by atoms with Crippen LogP contribution in [0.2, 0.25) is 0 Å². The fourth-order valence-corrected chi connectivity index (χ4v) is 3.62. The van der Waals surface area contributed by atoms with Crippen LogP contribution in [0.4, 0.5) is 13.2 Å². The third kappa shape index (κ3) is 2.28. The fourth-order valence-electron chi connectivity index (χ4n) is 3.62. The van der Waals surface area contributed by atoms with Crippen LogP contribution in [0.5, 0.6) is 0 Å². The molecule has 0 saturated heterocycles. The molecule has 0 aromatic carbocycles. The lowest BCUT2D eigenvalue weighted by atomic mass is 9.58. The van der Waals surface area contributed by atoms with Crippen LogP contribution in [-0.4, -0.2) is 29.5 Å². The number of halogens is 3. The minimum atomic E-state index is -4.90. The first-order valence-electron chi connectivity index (χ1n) is 7.36. The number of carbonyl (C=O) groups excluding carboxylic acids is 1. The molecule has 6 heteroatoms. The van der Waals surface area contributed by atoms with E-state index in [2.05, 4.69) is 0 Å². The maximum absolute atomic E-state index is 13.7. The molecule has 0 spiro atoms. The molecule has 0 unspecified atom stereocenters. The lowest BCUT2D eigenvalue weighted by molar-refractivity contribution is -0.287. The molecule has 0 aromatic heterocycles. The second kappa shape index (κ2) is 5.30. The second-order valence-corrected chi connectivity index (χ2v) is 6.05. The summed E-state index contributed by atoms with van der Waals surface area (Å²) in [6.45, 7) is 2.72. The Labute approximate surface area is 122 Å². The molecular formula is C15H21F3O3. The van der Waals surface area contributed by atoms with E-state index in [1.807, 2.05) is 0 Å². The number of rotatable bonds is 2. The summed E-state index contributed by atoms with van der Waals surface area (Å²) in [7, 11) is 0.